The van der Waals surface area contributed by atoms with Gasteiger partial charge in [-0.1, -0.05) is 25.3 Å². The maximum atomic E-state index is 12.5. The Kier molecular flexibility index (Phi) is 5.16. The summed E-state index contributed by atoms with van der Waals surface area (Å²) in [5, 5.41) is 8.89. The second-order valence-electron chi connectivity index (χ2n) is 7.11. The van der Waals surface area contributed by atoms with E-state index in [1.165, 1.54) is 24.1 Å². The zero-order chi connectivity index (χ0) is 18.8. The number of thiophene rings is 1. The van der Waals surface area contributed by atoms with Crippen molar-refractivity contribution in [2.24, 2.45) is 5.10 Å². The highest BCUT2D eigenvalue weighted by Crippen LogP contribution is 2.41. The van der Waals surface area contributed by atoms with Crippen molar-refractivity contribution >= 4 is 28.6 Å². The number of ether oxygens (including phenoxy) is 1. The third-order valence-electron chi connectivity index (χ3n) is 5.36. The van der Waals surface area contributed by atoms with E-state index in [9.17, 15) is 4.79 Å². The number of hydrogen-bond acceptors (Lipinski definition) is 6. The van der Waals surface area contributed by atoms with E-state index in [1.54, 1.807) is 25.4 Å². The van der Waals surface area contributed by atoms with Gasteiger partial charge >= 0.3 is 0 Å². The predicted octanol–water partition coefficient (Wildman–Crippen LogP) is 4.81. The van der Waals surface area contributed by atoms with Crippen molar-refractivity contribution in [1.29, 1.82) is 0 Å². The molecule has 0 N–H and O–H groups in total. The molecule has 2 aromatic rings. The van der Waals surface area contributed by atoms with Crippen molar-refractivity contribution < 1.29 is 9.53 Å². The maximum Gasteiger partial charge on any atom is 0.196 e. The lowest BCUT2D eigenvalue weighted by Crippen LogP contribution is -2.45. The molecule has 0 bridgehead atoms. The molecule has 0 saturated heterocycles. The fourth-order valence-electron chi connectivity index (χ4n) is 4.06. The fourth-order valence-corrected chi connectivity index (χ4v) is 4.86. The van der Waals surface area contributed by atoms with Crippen LogP contribution in [0.4, 0.5) is 5.69 Å². The number of benzene rings is 1. The first kappa shape index (κ1) is 18.0. The Balaban J connectivity index is 1.76. The van der Waals surface area contributed by atoms with Gasteiger partial charge in [-0.2, -0.15) is 0 Å². The molecule has 1 fully saturated rings. The molecule has 0 spiro atoms. The molecule has 2 heterocycles. The summed E-state index contributed by atoms with van der Waals surface area (Å²) in [6.45, 7) is 1.62. The van der Waals surface area contributed by atoms with Crippen LogP contribution >= 0.6 is 11.3 Å². The van der Waals surface area contributed by atoms with E-state index in [1.807, 2.05) is 29.3 Å². The average Bonchev–Trinajstić information content (AvgIpc) is 3.36. The van der Waals surface area contributed by atoms with E-state index < -0.39 is 0 Å². The van der Waals surface area contributed by atoms with Crippen LogP contribution in [0.1, 0.15) is 50.1 Å². The van der Waals surface area contributed by atoms with E-state index in [0.29, 0.717) is 11.9 Å². The van der Waals surface area contributed by atoms with Crippen molar-refractivity contribution in [1.82, 2.24) is 4.90 Å². The van der Waals surface area contributed by atoms with Gasteiger partial charge in [0, 0.05) is 17.8 Å². The summed E-state index contributed by atoms with van der Waals surface area (Å²) in [6, 6.07) is 12.4. The molecule has 1 aliphatic heterocycles. The molecule has 27 heavy (non-hydrogen) atoms. The Morgan fingerprint density at radius 2 is 1.89 bits per heavy atom. The SMILES string of the molecule is COc1ccc(N2N=C(C(C)=O)N(C3CCCCC3)[C@H]2c2cccs2)cc1. The maximum absolute atomic E-state index is 12.5. The summed E-state index contributed by atoms with van der Waals surface area (Å²) in [5.74, 6) is 1.42. The van der Waals surface area contributed by atoms with E-state index in [0.717, 1.165) is 24.3 Å². The molecule has 0 amide bonds. The Labute approximate surface area is 164 Å². The molecule has 1 atom stereocenters. The third-order valence-corrected chi connectivity index (χ3v) is 6.27. The molecular weight excluding hydrogens is 358 g/mol. The van der Waals surface area contributed by atoms with Crippen molar-refractivity contribution in [3.8, 4) is 5.75 Å². The van der Waals surface area contributed by atoms with Gasteiger partial charge in [0.1, 0.15) is 5.75 Å². The standard InChI is InChI=1S/C21H25N3O2S/c1-15(25)20-22-24(17-10-12-18(26-2)13-11-17)21(19-9-6-14-27-19)23(20)16-7-4-3-5-8-16/h6,9-14,16,21H,3-5,7-8H2,1-2H3/t21-/m1/s1. The monoisotopic (exact) mass is 383 g/mol. The van der Waals surface area contributed by atoms with Gasteiger partial charge in [0.05, 0.1) is 12.8 Å². The third kappa shape index (κ3) is 3.46. The highest BCUT2D eigenvalue weighted by Gasteiger charge is 2.42. The van der Waals surface area contributed by atoms with Crippen LogP contribution < -0.4 is 9.75 Å². The molecule has 1 aliphatic carbocycles. The number of hydrogen-bond donors (Lipinski definition) is 0. The summed E-state index contributed by atoms with van der Waals surface area (Å²) in [6.07, 6.45) is 5.87. The Morgan fingerprint density at radius 3 is 2.48 bits per heavy atom. The average molecular weight is 384 g/mol. The number of amidine groups is 1. The minimum absolute atomic E-state index is 0.0261. The predicted molar refractivity (Wildman–Crippen MR) is 109 cm³/mol. The Morgan fingerprint density at radius 1 is 1.15 bits per heavy atom. The van der Waals surface area contributed by atoms with Gasteiger partial charge in [0.15, 0.2) is 17.8 Å². The van der Waals surface area contributed by atoms with Gasteiger partial charge in [-0.15, -0.1) is 16.4 Å². The number of rotatable bonds is 5. The van der Waals surface area contributed by atoms with Gasteiger partial charge in [-0.05, 0) is 48.6 Å². The zero-order valence-electron chi connectivity index (χ0n) is 15.8. The molecule has 0 unspecified atom stereocenters. The zero-order valence-corrected chi connectivity index (χ0v) is 16.6. The minimum atomic E-state index is -0.0691. The molecule has 0 radical (unpaired) electrons. The number of Topliss-reactive ketones (excluding diaryl/α,β-unsaturated/α-hetero) is 1. The fraction of sp³-hybridized carbons (Fsp3) is 0.429. The Bertz CT molecular complexity index is 810. The summed E-state index contributed by atoms with van der Waals surface area (Å²) < 4.78 is 5.29. The molecule has 142 valence electrons. The topological polar surface area (TPSA) is 45.1 Å². The van der Waals surface area contributed by atoms with Gasteiger partial charge in [0.25, 0.3) is 0 Å². The van der Waals surface area contributed by atoms with Gasteiger partial charge < -0.3 is 9.64 Å². The van der Waals surface area contributed by atoms with Crippen LogP contribution in [0.25, 0.3) is 0 Å². The molecule has 1 saturated carbocycles. The molecular formula is C21H25N3O2S. The second-order valence-corrected chi connectivity index (χ2v) is 8.09. The van der Waals surface area contributed by atoms with E-state index >= 15 is 0 Å². The van der Waals surface area contributed by atoms with Crippen LogP contribution in [0.5, 0.6) is 5.75 Å². The molecule has 5 nitrogen and oxygen atoms in total. The van der Waals surface area contributed by atoms with Gasteiger partial charge in [-0.25, -0.2) is 5.01 Å². The number of hydrazone groups is 1. The number of anilines is 1. The summed E-state index contributed by atoms with van der Waals surface area (Å²) >= 11 is 1.72. The largest absolute Gasteiger partial charge is 0.497 e. The van der Waals surface area contributed by atoms with Crippen molar-refractivity contribution in [3.63, 3.8) is 0 Å². The minimum Gasteiger partial charge on any atom is -0.497 e. The lowest BCUT2D eigenvalue weighted by Gasteiger charge is -2.38. The van der Waals surface area contributed by atoms with E-state index in [-0.39, 0.29) is 11.9 Å². The first-order chi connectivity index (χ1) is 13.2. The number of ketones is 1. The number of carbonyl (C=O) groups excluding carboxylic acids is 1. The number of nitrogens with zero attached hydrogens (tertiary/aromatic N) is 3. The highest BCUT2D eigenvalue weighted by molar-refractivity contribution is 7.10. The highest BCUT2D eigenvalue weighted by atomic mass is 32.1. The molecule has 1 aromatic carbocycles. The van der Waals surface area contributed by atoms with Crippen LogP contribution in [-0.4, -0.2) is 29.7 Å². The molecule has 1 aromatic heterocycles. The van der Waals surface area contributed by atoms with Crippen LogP contribution in [0.3, 0.4) is 0 Å². The van der Waals surface area contributed by atoms with Gasteiger partial charge in [-0.3, -0.25) is 4.79 Å². The lowest BCUT2D eigenvalue weighted by atomic mass is 9.93. The quantitative estimate of drug-likeness (QED) is 0.743. The summed E-state index contributed by atoms with van der Waals surface area (Å²) in [7, 11) is 1.66. The van der Waals surface area contributed by atoms with Crippen molar-refractivity contribution in [3.05, 3.63) is 46.7 Å². The molecule has 6 heteroatoms. The number of carbonyl (C=O) groups is 1. The second kappa shape index (κ2) is 7.72. The first-order valence-electron chi connectivity index (χ1n) is 9.53. The van der Waals surface area contributed by atoms with Crippen LogP contribution in [0.2, 0.25) is 0 Å². The van der Waals surface area contributed by atoms with E-state index in [2.05, 4.69) is 22.4 Å². The first-order valence-corrected chi connectivity index (χ1v) is 10.4. The van der Waals surface area contributed by atoms with Crippen molar-refractivity contribution in [2.75, 3.05) is 12.1 Å². The summed E-state index contributed by atoms with van der Waals surface area (Å²) in [5.41, 5.74) is 0.964. The van der Waals surface area contributed by atoms with E-state index in [4.69, 9.17) is 9.84 Å². The number of methoxy groups -OCH3 is 1. The Hall–Kier alpha value is -2.34. The van der Waals surface area contributed by atoms with Gasteiger partial charge in [0.2, 0.25) is 0 Å². The van der Waals surface area contributed by atoms with Crippen LogP contribution in [0, 0.1) is 0 Å². The normalized spacial score (nSPS) is 20.7. The lowest BCUT2D eigenvalue weighted by molar-refractivity contribution is -0.111. The van der Waals surface area contributed by atoms with Crippen LogP contribution in [0.15, 0.2) is 46.9 Å². The van der Waals surface area contributed by atoms with Crippen LogP contribution in [-0.2, 0) is 4.79 Å². The molecule has 4 rings (SSSR count). The van der Waals surface area contributed by atoms with Crippen molar-refractivity contribution in [2.45, 2.75) is 51.2 Å². The summed E-state index contributed by atoms with van der Waals surface area (Å²) in [4.78, 5) is 16.0. The smallest absolute Gasteiger partial charge is 0.196 e. The molecule has 2 aliphatic rings.